The summed E-state index contributed by atoms with van der Waals surface area (Å²) in [5, 5.41) is 13.9. The molecule has 7 heteroatoms. The van der Waals surface area contributed by atoms with Crippen LogP contribution in [0.5, 0.6) is 0 Å². The predicted molar refractivity (Wildman–Crippen MR) is 185 cm³/mol. The Hall–Kier alpha value is -1.05. The van der Waals surface area contributed by atoms with Crippen LogP contribution in [0, 0.1) is 51.2 Å². The van der Waals surface area contributed by atoms with Crippen molar-refractivity contribution in [2.24, 2.45) is 51.2 Å². The molecule has 0 spiro atoms. The van der Waals surface area contributed by atoms with Crippen LogP contribution in [0.3, 0.4) is 0 Å². The molecule has 10 atom stereocenters. The number of alkyl halides is 1. The van der Waals surface area contributed by atoms with Gasteiger partial charge in [-0.1, -0.05) is 46.3 Å². The van der Waals surface area contributed by atoms with Crippen molar-refractivity contribution >= 4 is 16.8 Å². The Balaban J connectivity index is 1.08. The molecule has 7 aliphatic rings. The zero-order valence-corrected chi connectivity index (χ0v) is 30.0. The summed E-state index contributed by atoms with van der Waals surface area (Å²) in [5.41, 5.74) is 2.88. The van der Waals surface area contributed by atoms with Crippen molar-refractivity contribution in [1.82, 2.24) is 10.2 Å². The van der Waals surface area contributed by atoms with Gasteiger partial charge in [0.25, 0.3) is 0 Å². The molecule has 5 fully saturated rings. The second kappa shape index (κ2) is 12.1. The molecular formula is C39H61FN2O3S. The van der Waals surface area contributed by atoms with Crippen LogP contribution in [0.25, 0.3) is 0 Å². The second-order valence-corrected chi connectivity index (χ2v) is 19.5. The number of nitrogens with zero attached hydrogens (tertiary/aromatic N) is 1. The number of allylic oxidation sites excluding steroid dienone is 4. The van der Waals surface area contributed by atoms with Crippen LogP contribution < -0.4 is 5.32 Å². The molecule has 5 nitrogen and oxygen atoms in total. The number of fused-ring (bicyclic) bond motifs is 7. The lowest BCUT2D eigenvalue weighted by Gasteiger charge is -2.71. The average molecular weight is 657 g/mol. The van der Waals surface area contributed by atoms with E-state index < -0.39 is 28.9 Å². The lowest BCUT2D eigenvalue weighted by atomic mass is 9.34. The molecule has 1 aliphatic heterocycles. The van der Waals surface area contributed by atoms with Crippen LogP contribution in [0.1, 0.15) is 111 Å². The number of nitrogens with one attached hydrogen (secondary N) is 1. The molecule has 0 aromatic carbocycles. The van der Waals surface area contributed by atoms with Crippen molar-refractivity contribution in [2.75, 3.05) is 44.4 Å². The number of aliphatic carboxylic acids is 1. The lowest BCUT2D eigenvalue weighted by molar-refractivity contribution is -0.212. The fraction of sp³-hybridized carbons (Fsp3) is 0.872. The minimum absolute atomic E-state index is 0.295. The van der Waals surface area contributed by atoms with Gasteiger partial charge in [-0.15, -0.1) is 0 Å². The van der Waals surface area contributed by atoms with Gasteiger partial charge in [0.15, 0.2) is 0 Å². The van der Waals surface area contributed by atoms with Gasteiger partial charge < -0.3 is 15.3 Å². The first-order valence-electron chi connectivity index (χ1n) is 18.9. The number of halogens is 1. The van der Waals surface area contributed by atoms with E-state index in [-0.39, 0.29) is 0 Å². The van der Waals surface area contributed by atoms with Crippen LogP contribution in [0.15, 0.2) is 23.3 Å². The topological polar surface area (TPSA) is 69.6 Å². The van der Waals surface area contributed by atoms with Gasteiger partial charge in [-0.3, -0.25) is 9.00 Å². The van der Waals surface area contributed by atoms with E-state index in [4.69, 9.17) is 0 Å². The standard InChI is InChI=1S/C39H61FN2O3S/c1-27-29(28-9-16-38(26-40,17-10-28)34(43)44)11-14-35(2)30(27)12-15-37(4)33(35)8-7-31-32-6-5-13-39(32,19-18-36(31,37)3)41-20-21-42-22-24-46(45)25-23-42/h9,11,27,30-33,41H,5-8,10,12-26H2,1-4H3,(H,43,44)/t27?,30?,31?,32-,33?,35?,36-,37?,38-,39?/m1/s1. The van der Waals surface area contributed by atoms with Gasteiger partial charge in [0, 0.05) is 54.0 Å². The normalized spacial score (nSPS) is 48.0. The first-order chi connectivity index (χ1) is 21.9. The zero-order chi connectivity index (χ0) is 32.5. The van der Waals surface area contributed by atoms with Gasteiger partial charge in [-0.05, 0) is 134 Å². The van der Waals surface area contributed by atoms with Gasteiger partial charge in [-0.25, -0.2) is 4.39 Å². The van der Waals surface area contributed by atoms with E-state index in [0.717, 1.165) is 61.9 Å². The number of carboxylic acids is 1. The SMILES string of the molecule is CC1C(C2=CC[C@@](CF)(C(=O)O)CC2)=CCC2(C)C1CCC1(C)C2CCC2[C@H]3CCCC3(NCCN3CCS(=O)CC3)CC[C@]21C. The van der Waals surface area contributed by atoms with Gasteiger partial charge in [-0.2, -0.15) is 0 Å². The molecule has 0 aromatic rings. The number of hydrogen-bond donors (Lipinski definition) is 2. The van der Waals surface area contributed by atoms with E-state index in [1.54, 1.807) is 0 Å². The Bertz CT molecular complexity index is 1290. The van der Waals surface area contributed by atoms with Crippen LogP contribution in [0.2, 0.25) is 0 Å². The fourth-order valence-corrected chi connectivity index (χ4v) is 14.6. The van der Waals surface area contributed by atoms with Gasteiger partial charge in [0.05, 0.1) is 5.41 Å². The molecule has 4 saturated carbocycles. The molecule has 7 rings (SSSR count). The molecule has 0 amide bonds. The van der Waals surface area contributed by atoms with E-state index in [0.29, 0.717) is 52.9 Å². The van der Waals surface area contributed by atoms with E-state index in [1.807, 2.05) is 0 Å². The number of hydrogen-bond acceptors (Lipinski definition) is 4. The monoisotopic (exact) mass is 656 g/mol. The summed E-state index contributed by atoms with van der Waals surface area (Å²) in [6.45, 7) is 13.9. The highest BCUT2D eigenvalue weighted by molar-refractivity contribution is 7.85. The summed E-state index contributed by atoms with van der Waals surface area (Å²) in [7, 11) is -0.606. The largest absolute Gasteiger partial charge is 0.481 e. The van der Waals surface area contributed by atoms with Crippen molar-refractivity contribution < 1.29 is 18.5 Å². The molecule has 0 radical (unpaired) electrons. The Morgan fingerprint density at radius 3 is 2.43 bits per heavy atom. The summed E-state index contributed by atoms with van der Waals surface area (Å²) in [4.78, 5) is 14.4. The smallest absolute Gasteiger partial charge is 0.312 e. The van der Waals surface area contributed by atoms with E-state index in [9.17, 15) is 18.5 Å². The van der Waals surface area contributed by atoms with Crippen molar-refractivity contribution in [1.29, 1.82) is 0 Å². The van der Waals surface area contributed by atoms with Crippen molar-refractivity contribution in [3.63, 3.8) is 0 Å². The third kappa shape index (κ3) is 5.00. The summed E-state index contributed by atoms with van der Waals surface area (Å²) < 4.78 is 25.7. The van der Waals surface area contributed by atoms with Gasteiger partial charge >= 0.3 is 5.97 Å². The highest BCUT2D eigenvalue weighted by Gasteiger charge is 2.68. The summed E-state index contributed by atoms with van der Waals surface area (Å²) in [6.07, 6.45) is 19.3. The second-order valence-electron chi connectivity index (χ2n) is 17.8. The number of carboxylic acid groups (broad SMARTS) is 1. The maximum absolute atomic E-state index is 13.8. The van der Waals surface area contributed by atoms with E-state index in [1.165, 1.54) is 68.9 Å². The molecule has 46 heavy (non-hydrogen) atoms. The third-order valence-electron chi connectivity index (χ3n) is 16.4. The van der Waals surface area contributed by atoms with Gasteiger partial charge in [0.2, 0.25) is 0 Å². The third-order valence-corrected chi connectivity index (χ3v) is 17.7. The quantitative estimate of drug-likeness (QED) is 0.296. The summed E-state index contributed by atoms with van der Waals surface area (Å²) in [5.74, 6) is 4.16. The summed E-state index contributed by atoms with van der Waals surface area (Å²) in [6, 6.07) is 0. The molecular weight excluding hydrogens is 596 g/mol. The fourth-order valence-electron chi connectivity index (χ4n) is 13.4. The Kier molecular flexibility index (Phi) is 8.78. The van der Waals surface area contributed by atoms with E-state index in [2.05, 4.69) is 50.1 Å². The molecule has 1 saturated heterocycles. The molecule has 1 heterocycles. The lowest BCUT2D eigenvalue weighted by Crippen LogP contribution is -2.67. The Morgan fingerprint density at radius 1 is 0.957 bits per heavy atom. The van der Waals surface area contributed by atoms with Crippen molar-refractivity contribution in [3.05, 3.63) is 23.3 Å². The predicted octanol–water partition coefficient (Wildman–Crippen LogP) is 7.55. The Morgan fingerprint density at radius 2 is 1.74 bits per heavy atom. The highest BCUT2D eigenvalue weighted by Crippen LogP contribution is 2.75. The molecule has 7 unspecified atom stereocenters. The molecule has 2 N–H and O–H groups in total. The average Bonchev–Trinajstić information content (AvgIpc) is 3.46. The minimum Gasteiger partial charge on any atom is -0.481 e. The molecule has 0 bridgehead atoms. The maximum atomic E-state index is 13.8. The van der Waals surface area contributed by atoms with Crippen LogP contribution in [-0.4, -0.2) is 70.1 Å². The molecule has 0 aromatic heterocycles. The Labute approximate surface area is 280 Å². The van der Waals surface area contributed by atoms with Crippen LogP contribution in [-0.2, 0) is 15.6 Å². The molecule has 6 aliphatic carbocycles. The molecule has 258 valence electrons. The first kappa shape index (κ1) is 33.4. The van der Waals surface area contributed by atoms with Crippen LogP contribution >= 0.6 is 0 Å². The first-order valence-corrected chi connectivity index (χ1v) is 20.4. The zero-order valence-electron chi connectivity index (χ0n) is 29.2. The van der Waals surface area contributed by atoms with Gasteiger partial charge in [0.1, 0.15) is 6.67 Å². The summed E-state index contributed by atoms with van der Waals surface area (Å²) >= 11 is 0. The number of carbonyl (C=O) groups is 1. The highest BCUT2D eigenvalue weighted by atomic mass is 32.2. The number of rotatable bonds is 7. The van der Waals surface area contributed by atoms with Crippen molar-refractivity contribution in [3.8, 4) is 0 Å². The minimum atomic E-state index is -1.22. The van der Waals surface area contributed by atoms with Crippen molar-refractivity contribution in [2.45, 2.75) is 117 Å². The van der Waals surface area contributed by atoms with E-state index >= 15 is 0 Å². The maximum Gasteiger partial charge on any atom is 0.312 e. The van der Waals surface area contributed by atoms with Crippen LogP contribution in [0.4, 0.5) is 4.39 Å².